The fourth-order valence-electron chi connectivity index (χ4n) is 3.03. The molecule has 1 saturated heterocycles. The minimum atomic E-state index is -0.299. The summed E-state index contributed by atoms with van der Waals surface area (Å²) < 4.78 is 0. The summed E-state index contributed by atoms with van der Waals surface area (Å²) in [4.78, 5) is 36.5. The normalized spacial score (nSPS) is 17.9. The van der Waals surface area contributed by atoms with Crippen molar-refractivity contribution in [1.82, 2.24) is 19.9 Å². The molecule has 1 atom stereocenters. The number of pyridine rings is 1. The highest BCUT2D eigenvalue weighted by Crippen LogP contribution is 2.22. The summed E-state index contributed by atoms with van der Waals surface area (Å²) in [5, 5.41) is 0. The first kappa shape index (κ1) is 15.4. The predicted molar refractivity (Wildman–Crippen MR) is 86.1 cm³/mol. The van der Waals surface area contributed by atoms with E-state index in [9.17, 15) is 9.59 Å². The van der Waals surface area contributed by atoms with E-state index in [0.29, 0.717) is 5.69 Å². The number of carbonyl (C=O) groups excluding carboxylic acids is 1. The van der Waals surface area contributed by atoms with E-state index in [0.717, 1.165) is 50.5 Å². The van der Waals surface area contributed by atoms with Crippen LogP contribution in [0.15, 0.2) is 41.6 Å². The van der Waals surface area contributed by atoms with Crippen molar-refractivity contribution in [2.75, 3.05) is 6.54 Å². The van der Waals surface area contributed by atoms with E-state index in [1.54, 1.807) is 6.20 Å². The Labute approximate surface area is 134 Å². The van der Waals surface area contributed by atoms with Gasteiger partial charge in [0.15, 0.2) is 0 Å². The molecule has 0 aromatic carbocycles. The average molecular weight is 312 g/mol. The molecule has 2 aromatic heterocycles. The van der Waals surface area contributed by atoms with Crippen molar-refractivity contribution < 1.29 is 4.79 Å². The van der Waals surface area contributed by atoms with E-state index in [2.05, 4.69) is 15.0 Å². The van der Waals surface area contributed by atoms with Crippen molar-refractivity contribution >= 4 is 5.91 Å². The van der Waals surface area contributed by atoms with Crippen molar-refractivity contribution in [2.45, 2.75) is 38.1 Å². The van der Waals surface area contributed by atoms with Crippen molar-refractivity contribution in [3.8, 4) is 0 Å². The second-order valence-corrected chi connectivity index (χ2v) is 5.80. The van der Waals surface area contributed by atoms with E-state index in [4.69, 9.17) is 0 Å². The predicted octanol–water partition coefficient (Wildman–Crippen LogP) is 1.79. The fourth-order valence-corrected chi connectivity index (χ4v) is 3.03. The smallest absolute Gasteiger partial charge is 0.274 e. The van der Waals surface area contributed by atoms with Gasteiger partial charge < -0.3 is 9.88 Å². The van der Waals surface area contributed by atoms with Gasteiger partial charge in [-0.2, -0.15) is 0 Å². The summed E-state index contributed by atoms with van der Waals surface area (Å²) in [5.74, 6) is -0.105. The summed E-state index contributed by atoms with van der Waals surface area (Å²) in [5.41, 5.74) is 1.05. The summed E-state index contributed by atoms with van der Waals surface area (Å²) in [6.45, 7) is 0.743. The Morgan fingerprint density at radius 3 is 2.96 bits per heavy atom. The number of hydrogen-bond donors (Lipinski definition) is 1. The SMILES string of the molecule is O=C(c1c[nH]c(=O)cn1)N1CCCCC1CCc1ccccn1. The number of nitrogens with one attached hydrogen (secondary N) is 1. The number of piperidine rings is 1. The summed E-state index contributed by atoms with van der Waals surface area (Å²) in [7, 11) is 0. The lowest BCUT2D eigenvalue weighted by Crippen LogP contribution is -2.44. The largest absolute Gasteiger partial charge is 0.334 e. The third-order valence-electron chi connectivity index (χ3n) is 4.24. The molecule has 1 aliphatic heterocycles. The molecular weight excluding hydrogens is 292 g/mol. The fraction of sp³-hybridized carbons (Fsp3) is 0.412. The average Bonchev–Trinajstić information content (AvgIpc) is 2.61. The van der Waals surface area contributed by atoms with Crippen molar-refractivity contribution in [2.24, 2.45) is 0 Å². The summed E-state index contributed by atoms with van der Waals surface area (Å²) >= 11 is 0. The molecule has 120 valence electrons. The zero-order chi connectivity index (χ0) is 16.1. The molecule has 1 amide bonds. The number of nitrogens with zero attached hydrogens (tertiary/aromatic N) is 3. The van der Waals surface area contributed by atoms with Crippen LogP contribution in [-0.2, 0) is 6.42 Å². The topological polar surface area (TPSA) is 79.0 Å². The van der Waals surface area contributed by atoms with E-state index < -0.39 is 0 Å². The lowest BCUT2D eigenvalue weighted by atomic mass is 9.96. The number of carbonyl (C=O) groups is 1. The van der Waals surface area contributed by atoms with Crippen LogP contribution in [0.4, 0.5) is 0 Å². The van der Waals surface area contributed by atoms with Gasteiger partial charge in [0, 0.05) is 30.7 Å². The van der Waals surface area contributed by atoms with Gasteiger partial charge in [0.05, 0.1) is 6.20 Å². The first-order chi connectivity index (χ1) is 11.2. The van der Waals surface area contributed by atoms with E-state index in [-0.39, 0.29) is 17.5 Å². The highest BCUT2D eigenvalue weighted by atomic mass is 16.2. The van der Waals surface area contributed by atoms with E-state index in [1.165, 1.54) is 6.20 Å². The molecule has 0 radical (unpaired) electrons. The zero-order valence-electron chi connectivity index (χ0n) is 12.9. The lowest BCUT2D eigenvalue weighted by Gasteiger charge is -2.35. The minimum Gasteiger partial charge on any atom is -0.334 e. The minimum absolute atomic E-state index is 0.105. The molecule has 6 nitrogen and oxygen atoms in total. The van der Waals surface area contributed by atoms with Gasteiger partial charge in [-0.1, -0.05) is 6.07 Å². The molecule has 1 aliphatic rings. The van der Waals surface area contributed by atoms with Crippen molar-refractivity contribution in [3.05, 3.63) is 58.5 Å². The van der Waals surface area contributed by atoms with Crippen LogP contribution in [0.3, 0.4) is 0 Å². The van der Waals surface area contributed by atoms with Crippen molar-refractivity contribution in [1.29, 1.82) is 0 Å². The van der Waals surface area contributed by atoms with Crippen LogP contribution in [0.1, 0.15) is 41.9 Å². The van der Waals surface area contributed by atoms with Gasteiger partial charge >= 0.3 is 0 Å². The van der Waals surface area contributed by atoms with Crippen molar-refractivity contribution in [3.63, 3.8) is 0 Å². The Bertz CT molecular complexity index is 694. The van der Waals surface area contributed by atoms with Crippen LogP contribution in [0.5, 0.6) is 0 Å². The molecule has 2 aromatic rings. The maximum absolute atomic E-state index is 12.7. The van der Waals surface area contributed by atoms with Crippen LogP contribution in [-0.4, -0.2) is 38.3 Å². The molecular formula is C17H20N4O2. The van der Waals surface area contributed by atoms with Gasteiger partial charge in [0.25, 0.3) is 11.5 Å². The Morgan fingerprint density at radius 1 is 1.30 bits per heavy atom. The summed E-state index contributed by atoms with van der Waals surface area (Å²) in [6.07, 6.45) is 9.24. The molecule has 0 saturated carbocycles. The molecule has 1 unspecified atom stereocenters. The second-order valence-electron chi connectivity index (χ2n) is 5.80. The van der Waals surface area contributed by atoms with Crippen LogP contribution >= 0.6 is 0 Å². The Kier molecular flexibility index (Phi) is 4.80. The molecule has 1 fully saturated rings. The molecule has 0 spiro atoms. The number of aryl methyl sites for hydroxylation is 1. The molecule has 3 rings (SSSR count). The lowest BCUT2D eigenvalue weighted by molar-refractivity contribution is 0.0595. The highest BCUT2D eigenvalue weighted by molar-refractivity contribution is 5.92. The molecule has 1 N–H and O–H groups in total. The second kappa shape index (κ2) is 7.17. The van der Waals surface area contributed by atoms with Crippen LogP contribution in [0, 0.1) is 0 Å². The van der Waals surface area contributed by atoms with Gasteiger partial charge in [-0.25, -0.2) is 4.98 Å². The van der Waals surface area contributed by atoms with Gasteiger partial charge in [-0.05, 0) is 44.2 Å². The number of rotatable bonds is 4. The van der Waals surface area contributed by atoms with Crippen LogP contribution < -0.4 is 5.56 Å². The number of aromatic nitrogens is 3. The monoisotopic (exact) mass is 312 g/mol. The summed E-state index contributed by atoms with van der Waals surface area (Å²) in [6, 6.07) is 6.10. The molecule has 23 heavy (non-hydrogen) atoms. The highest BCUT2D eigenvalue weighted by Gasteiger charge is 2.28. The molecule has 3 heterocycles. The number of aromatic amines is 1. The molecule has 6 heteroatoms. The van der Waals surface area contributed by atoms with Gasteiger partial charge in [0.2, 0.25) is 0 Å². The Morgan fingerprint density at radius 2 is 2.22 bits per heavy atom. The quantitative estimate of drug-likeness (QED) is 0.933. The Balaban J connectivity index is 1.69. The molecule has 0 aliphatic carbocycles. The number of H-pyrrole nitrogens is 1. The first-order valence-electron chi connectivity index (χ1n) is 7.99. The van der Waals surface area contributed by atoms with Crippen LogP contribution in [0.25, 0.3) is 0 Å². The maximum atomic E-state index is 12.7. The number of likely N-dealkylation sites (tertiary alicyclic amines) is 1. The van der Waals surface area contributed by atoms with Crippen LogP contribution in [0.2, 0.25) is 0 Å². The number of hydrogen-bond acceptors (Lipinski definition) is 4. The van der Waals surface area contributed by atoms with Gasteiger partial charge in [-0.3, -0.25) is 14.6 Å². The van der Waals surface area contributed by atoms with E-state index >= 15 is 0 Å². The maximum Gasteiger partial charge on any atom is 0.274 e. The third-order valence-corrected chi connectivity index (χ3v) is 4.24. The van der Waals surface area contributed by atoms with Gasteiger partial charge in [0.1, 0.15) is 5.69 Å². The first-order valence-corrected chi connectivity index (χ1v) is 7.99. The number of amides is 1. The molecule has 0 bridgehead atoms. The van der Waals surface area contributed by atoms with E-state index in [1.807, 2.05) is 23.1 Å². The Hall–Kier alpha value is -2.50. The zero-order valence-corrected chi connectivity index (χ0v) is 12.9. The third kappa shape index (κ3) is 3.83. The standard InChI is InChI=1S/C17H20N4O2/c22-16-12-19-15(11-20-16)17(23)21-10-4-2-6-14(21)8-7-13-5-1-3-9-18-13/h1,3,5,9,11-12,14H,2,4,6-8,10H2,(H,20,22). The van der Waals surface area contributed by atoms with Gasteiger partial charge in [-0.15, -0.1) is 0 Å².